The number of ether oxygens (including phenoxy) is 4. The SMILES string of the molecule is CCCCCCCC/C=C\CCCCCCCCCCCC(=O)NC(COC1OC(CO)C(OC2OC(CO)C(O)C(O)C2O)C(O)C1O)C(O)/C=C/CC/C=C/CCCCCCCCCCCCCC. The largest absolute Gasteiger partial charge is 0.394 e. The van der Waals surface area contributed by atoms with E-state index in [1.54, 1.807) is 6.08 Å². The number of carbonyl (C=O) groups excluding carboxylic acids is 1. The lowest BCUT2D eigenvalue weighted by molar-refractivity contribution is -0.359. The van der Waals surface area contributed by atoms with Gasteiger partial charge in [-0.05, 0) is 57.8 Å². The van der Waals surface area contributed by atoms with Crippen LogP contribution in [-0.2, 0) is 23.7 Å². The molecular weight excluding hydrogens is 907 g/mol. The Morgan fingerprint density at radius 1 is 0.493 bits per heavy atom. The van der Waals surface area contributed by atoms with Crippen LogP contribution in [0.15, 0.2) is 36.5 Å². The molecule has 0 aromatic rings. The Kier molecular flexibility index (Phi) is 40.0. The highest BCUT2D eigenvalue weighted by Gasteiger charge is 2.51. The third-order valence-corrected chi connectivity index (χ3v) is 14.0. The highest BCUT2D eigenvalue weighted by molar-refractivity contribution is 5.76. The van der Waals surface area contributed by atoms with Crippen molar-refractivity contribution in [1.82, 2.24) is 5.32 Å². The average Bonchev–Trinajstić information content (AvgIpc) is 3.37. The number of nitrogens with one attached hydrogen (secondary N) is 1. The van der Waals surface area contributed by atoms with E-state index < -0.39 is 86.8 Å². The Hall–Kier alpha value is -1.79. The predicted molar refractivity (Wildman–Crippen MR) is 281 cm³/mol. The number of rotatable bonds is 45. The smallest absolute Gasteiger partial charge is 0.220 e. The van der Waals surface area contributed by atoms with Crippen LogP contribution >= 0.6 is 0 Å². The quantitative estimate of drug-likeness (QED) is 0.0205. The van der Waals surface area contributed by atoms with Crippen molar-refractivity contribution in [2.75, 3.05) is 19.8 Å². The molecule has 14 nitrogen and oxygen atoms in total. The zero-order chi connectivity index (χ0) is 51.7. The van der Waals surface area contributed by atoms with E-state index in [1.807, 2.05) is 6.08 Å². The molecule has 0 bridgehead atoms. The van der Waals surface area contributed by atoms with Crippen LogP contribution < -0.4 is 5.32 Å². The topological polar surface area (TPSA) is 228 Å². The van der Waals surface area contributed by atoms with Crippen LogP contribution in [0.4, 0.5) is 0 Å². The molecule has 0 aliphatic carbocycles. The molecule has 2 rings (SSSR count). The van der Waals surface area contributed by atoms with Crippen molar-refractivity contribution in [2.45, 2.75) is 299 Å². The summed E-state index contributed by atoms with van der Waals surface area (Å²) in [5.41, 5.74) is 0. The Balaban J connectivity index is 1.81. The van der Waals surface area contributed by atoms with Crippen molar-refractivity contribution in [3.63, 3.8) is 0 Å². The molecule has 416 valence electrons. The molecule has 2 fully saturated rings. The summed E-state index contributed by atoms with van der Waals surface area (Å²) >= 11 is 0. The fourth-order valence-electron chi connectivity index (χ4n) is 9.36. The van der Waals surface area contributed by atoms with E-state index in [2.05, 4.69) is 43.5 Å². The molecule has 14 heteroatoms. The summed E-state index contributed by atoms with van der Waals surface area (Å²) in [5.74, 6) is -0.251. The molecule has 12 unspecified atom stereocenters. The molecule has 2 aliphatic rings. The van der Waals surface area contributed by atoms with Crippen molar-refractivity contribution in [3.8, 4) is 0 Å². The van der Waals surface area contributed by atoms with Gasteiger partial charge in [0, 0.05) is 6.42 Å². The fraction of sp³-hybridized carbons (Fsp3) is 0.877. The zero-order valence-corrected chi connectivity index (χ0v) is 44.5. The summed E-state index contributed by atoms with van der Waals surface area (Å²) in [6, 6.07) is -0.931. The minimum Gasteiger partial charge on any atom is -0.394 e. The molecule has 9 N–H and O–H groups in total. The first-order valence-corrected chi connectivity index (χ1v) is 28.7. The van der Waals surface area contributed by atoms with Gasteiger partial charge in [-0.15, -0.1) is 0 Å². The molecule has 0 saturated carbocycles. The van der Waals surface area contributed by atoms with Gasteiger partial charge in [-0.25, -0.2) is 0 Å². The summed E-state index contributed by atoms with van der Waals surface area (Å²) in [6.07, 6.45) is 34.6. The fourth-order valence-corrected chi connectivity index (χ4v) is 9.36. The molecule has 2 aliphatic heterocycles. The van der Waals surface area contributed by atoms with E-state index in [0.717, 1.165) is 32.1 Å². The van der Waals surface area contributed by atoms with Crippen molar-refractivity contribution in [1.29, 1.82) is 0 Å². The number of allylic oxidation sites excluding steroid dienone is 5. The number of unbranched alkanes of at least 4 members (excludes halogenated alkanes) is 28. The first-order chi connectivity index (χ1) is 34.6. The van der Waals surface area contributed by atoms with Gasteiger partial charge in [-0.1, -0.05) is 198 Å². The molecule has 0 aromatic carbocycles. The third-order valence-electron chi connectivity index (χ3n) is 14.0. The van der Waals surface area contributed by atoms with Gasteiger partial charge in [0.05, 0.1) is 32.0 Å². The molecule has 2 saturated heterocycles. The van der Waals surface area contributed by atoms with E-state index >= 15 is 0 Å². The van der Waals surface area contributed by atoms with Crippen LogP contribution in [0.2, 0.25) is 0 Å². The number of hydrogen-bond donors (Lipinski definition) is 9. The third kappa shape index (κ3) is 29.8. The number of aliphatic hydroxyl groups excluding tert-OH is 8. The van der Waals surface area contributed by atoms with E-state index in [9.17, 15) is 45.6 Å². The number of carbonyl (C=O) groups is 1. The Labute approximate surface area is 430 Å². The van der Waals surface area contributed by atoms with E-state index in [-0.39, 0.29) is 18.9 Å². The Morgan fingerprint density at radius 3 is 1.38 bits per heavy atom. The first-order valence-electron chi connectivity index (χ1n) is 28.7. The monoisotopic (exact) mass is 1010 g/mol. The normalized spacial score (nSPS) is 26.0. The maximum Gasteiger partial charge on any atom is 0.220 e. The van der Waals surface area contributed by atoms with Gasteiger partial charge in [0.15, 0.2) is 12.6 Å². The van der Waals surface area contributed by atoms with Gasteiger partial charge in [-0.2, -0.15) is 0 Å². The van der Waals surface area contributed by atoms with E-state index in [1.165, 1.54) is 161 Å². The van der Waals surface area contributed by atoms with Crippen LogP contribution in [0.3, 0.4) is 0 Å². The zero-order valence-electron chi connectivity index (χ0n) is 44.5. The molecule has 71 heavy (non-hydrogen) atoms. The molecule has 1 amide bonds. The van der Waals surface area contributed by atoms with Gasteiger partial charge in [0.1, 0.15) is 48.8 Å². The minimum absolute atomic E-state index is 0.251. The van der Waals surface area contributed by atoms with Crippen LogP contribution in [0.25, 0.3) is 0 Å². The summed E-state index contributed by atoms with van der Waals surface area (Å²) in [6.45, 7) is 2.78. The van der Waals surface area contributed by atoms with E-state index in [0.29, 0.717) is 12.8 Å². The Morgan fingerprint density at radius 2 is 0.901 bits per heavy atom. The van der Waals surface area contributed by atoms with Gasteiger partial charge in [0.25, 0.3) is 0 Å². The van der Waals surface area contributed by atoms with Crippen molar-refractivity contribution in [2.24, 2.45) is 0 Å². The number of amides is 1. The summed E-state index contributed by atoms with van der Waals surface area (Å²) in [4.78, 5) is 13.2. The van der Waals surface area contributed by atoms with E-state index in [4.69, 9.17) is 18.9 Å². The molecule has 0 spiro atoms. The lowest BCUT2D eigenvalue weighted by atomic mass is 9.97. The molecule has 0 aromatic heterocycles. The van der Waals surface area contributed by atoms with Crippen LogP contribution in [0.5, 0.6) is 0 Å². The highest BCUT2D eigenvalue weighted by atomic mass is 16.7. The first kappa shape index (κ1) is 65.3. The maximum absolute atomic E-state index is 13.2. The van der Waals surface area contributed by atoms with Crippen LogP contribution in [0.1, 0.15) is 226 Å². The van der Waals surface area contributed by atoms with Gasteiger partial charge >= 0.3 is 0 Å². The average molecular weight is 1010 g/mol. The Bertz CT molecular complexity index is 1330. The number of hydrogen-bond acceptors (Lipinski definition) is 13. The predicted octanol–water partition coefficient (Wildman–Crippen LogP) is 9.05. The molecule has 2 heterocycles. The summed E-state index contributed by atoms with van der Waals surface area (Å²) in [7, 11) is 0. The summed E-state index contributed by atoms with van der Waals surface area (Å²) < 4.78 is 22.7. The summed E-state index contributed by atoms with van der Waals surface area (Å²) in [5, 5.41) is 87.0. The second-order valence-electron chi connectivity index (χ2n) is 20.4. The molecule has 12 atom stereocenters. The lowest BCUT2D eigenvalue weighted by Gasteiger charge is -2.46. The van der Waals surface area contributed by atoms with Crippen LogP contribution in [0, 0.1) is 0 Å². The van der Waals surface area contributed by atoms with Crippen molar-refractivity contribution in [3.05, 3.63) is 36.5 Å². The highest BCUT2D eigenvalue weighted by Crippen LogP contribution is 2.30. The lowest BCUT2D eigenvalue weighted by Crippen LogP contribution is -2.65. The minimum atomic E-state index is -1.79. The molecule has 0 radical (unpaired) electrons. The molecular formula is C57H105NO13. The van der Waals surface area contributed by atoms with Crippen molar-refractivity contribution >= 4 is 5.91 Å². The number of aliphatic hydroxyl groups is 8. The van der Waals surface area contributed by atoms with Gasteiger partial charge < -0.3 is 65.1 Å². The maximum atomic E-state index is 13.2. The van der Waals surface area contributed by atoms with Crippen molar-refractivity contribution < 1.29 is 64.6 Å². The standard InChI is InChI=1S/C57H105NO13/c1-3-5-7-9-11-13-15-17-19-21-23-25-27-29-31-33-35-37-39-41-49(62)58-45(46(61)40-38-36-34-32-30-28-26-24-22-20-18-16-14-12-10-8-6-4-2)44-68-56-54(67)52(65)55(48(43-60)70-56)71-57-53(66)51(64)50(63)47(42-59)69-57/h17,19,30,32,38,40,45-48,50-57,59-61,63-67H,3-16,18,20-29,31,33-37,39,41-44H2,1-2H3,(H,58,62)/b19-17-,32-30+,40-38+. The van der Waals surface area contributed by atoms with Crippen LogP contribution in [-0.4, -0.2) is 140 Å². The second-order valence-corrected chi connectivity index (χ2v) is 20.4. The second kappa shape index (κ2) is 43.4. The van der Waals surface area contributed by atoms with Gasteiger partial charge in [-0.3, -0.25) is 4.79 Å². The van der Waals surface area contributed by atoms with Gasteiger partial charge in [0.2, 0.25) is 5.91 Å².